The number of Topliss-reactive ketones (excluding diaryl/α,β-unsaturated/α-hetero) is 1. The van der Waals surface area contributed by atoms with Gasteiger partial charge in [-0.15, -0.1) is 0 Å². The summed E-state index contributed by atoms with van der Waals surface area (Å²) in [5, 5.41) is 2.98. The van der Waals surface area contributed by atoms with Crippen molar-refractivity contribution in [2.24, 2.45) is 11.8 Å². The second-order valence-electron chi connectivity index (χ2n) is 8.00. The molecule has 0 aromatic heterocycles. The number of rotatable bonds is 14. The van der Waals surface area contributed by atoms with Crippen LogP contribution in [0.4, 0.5) is 0 Å². The maximum atomic E-state index is 12.2. The highest BCUT2D eigenvalue weighted by Crippen LogP contribution is 2.09. The number of carbonyl (C=O) groups is 2. The highest BCUT2D eigenvalue weighted by atomic mass is 16.5. The highest BCUT2D eigenvalue weighted by Gasteiger charge is 2.07. The van der Waals surface area contributed by atoms with Crippen LogP contribution in [-0.4, -0.2) is 24.8 Å². The van der Waals surface area contributed by atoms with Crippen LogP contribution in [0.1, 0.15) is 82.1 Å². The molecule has 27 heavy (non-hydrogen) atoms. The topological polar surface area (TPSA) is 55.4 Å². The van der Waals surface area contributed by atoms with Crippen molar-refractivity contribution in [1.29, 1.82) is 0 Å². The van der Waals surface area contributed by atoms with Crippen molar-refractivity contribution in [3.8, 4) is 0 Å². The molecule has 0 radical (unpaired) electrons. The second-order valence-corrected chi connectivity index (χ2v) is 8.00. The fourth-order valence-corrected chi connectivity index (χ4v) is 2.71. The predicted octanol–water partition coefficient (Wildman–Crippen LogP) is 5.15. The van der Waals surface area contributed by atoms with Crippen LogP contribution in [0.3, 0.4) is 0 Å². The lowest BCUT2D eigenvalue weighted by atomic mass is 10.0. The number of unbranched alkanes of at least 4 members (excludes halogenated alkanes) is 4. The molecule has 0 aliphatic heterocycles. The Morgan fingerprint density at radius 2 is 1.56 bits per heavy atom. The lowest BCUT2D eigenvalue weighted by Crippen LogP contribution is -2.24. The van der Waals surface area contributed by atoms with Gasteiger partial charge in [0.1, 0.15) is 5.78 Å². The highest BCUT2D eigenvalue weighted by molar-refractivity contribution is 5.94. The summed E-state index contributed by atoms with van der Waals surface area (Å²) >= 11 is 0. The summed E-state index contributed by atoms with van der Waals surface area (Å²) in [6, 6.07) is 7.62. The van der Waals surface area contributed by atoms with Gasteiger partial charge < -0.3 is 10.1 Å². The molecule has 0 aliphatic rings. The molecule has 0 aliphatic carbocycles. The summed E-state index contributed by atoms with van der Waals surface area (Å²) in [4.78, 5) is 23.7. The molecule has 1 amide bonds. The van der Waals surface area contributed by atoms with Crippen molar-refractivity contribution in [1.82, 2.24) is 5.32 Å². The molecule has 0 saturated carbocycles. The first-order valence-corrected chi connectivity index (χ1v) is 10.4. The van der Waals surface area contributed by atoms with Gasteiger partial charge in [0.2, 0.25) is 0 Å². The zero-order valence-corrected chi connectivity index (χ0v) is 17.6. The summed E-state index contributed by atoms with van der Waals surface area (Å²) in [7, 11) is 0. The third kappa shape index (κ3) is 10.9. The van der Waals surface area contributed by atoms with Crippen molar-refractivity contribution in [3.05, 3.63) is 35.4 Å². The average molecular weight is 376 g/mol. The average Bonchev–Trinajstić information content (AvgIpc) is 2.63. The van der Waals surface area contributed by atoms with E-state index in [2.05, 4.69) is 19.2 Å². The lowest BCUT2D eigenvalue weighted by molar-refractivity contribution is -0.122. The Morgan fingerprint density at radius 3 is 2.19 bits per heavy atom. The first-order valence-electron chi connectivity index (χ1n) is 10.4. The van der Waals surface area contributed by atoms with Gasteiger partial charge in [-0.25, -0.2) is 0 Å². The number of ketones is 1. The van der Waals surface area contributed by atoms with Crippen LogP contribution in [0.5, 0.6) is 0 Å². The number of hydrogen-bond acceptors (Lipinski definition) is 3. The van der Waals surface area contributed by atoms with E-state index in [1.165, 1.54) is 0 Å². The van der Waals surface area contributed by atoms with Crippen LogP contribution in [0, 0.1) is 11.8 Å². The Hall–Kier alpha value is -1.68. The first kappa shape index (κ1) is 23.4. The number of nitrogens with one attached hydrogen (secondary N) is 1. The Balaban J connectivity index is 2.12. The molecule has 1 aromatic carbocycles. The fraction of sp³-hybridized carbons (Fsp3) is 0.652. The first-order chi connectivity index (χ1) is 12.9. The lowest BCUT2D eigenvalue weighted by Gasteiger charge is -2.08. The Bertz CT molecular complexity index is 549. The van der Waals surface area contributed by atoms with Crippen LogP contribution in [-0.2, 0) is 16.1 Å². The standard InChI is InChI=1S/C23H37NO3/c1-18(2)16-27-17-20-11-13-21(14-12-20)23(26)24-15-9-7-5-6-8-10-22(25)19(3)4/h11-14,18-19H,5-10,15-17H2,1-4H3,(H,24,26). The molecule has 1 rings (SSSR count). The fourth-order valence-electron chi connectivity index (χ4n) is 2.71. The smallest absolute Gasteiger partial charge is 0.251 e. The van der Waals surface area contributed by atoms with E-state index in [4.69, 9.17) is 4.74 Å². The summed E-state index contributed by atoms with van der Waals surface area (Å²) in [5.74, 6) is 1.02. The molecule has 0 fully saturated rings. The van der Waals surface area contributed by atoms with E-state index in [9.17, 15) is 9.59 Å². The van der Waals surface area contributed by atoms with Gasteiger partial charge in [-0.05, 0) is 36.5 Å². The third-order valence-electron chi connectivity index (χ3n) is 4.47. The molecule has 0 saturated heterocycles. The molecule has 4 nitrogen and oxygen atoms in total. The number of ether oxygens (including phenoxy) is 1. The van der Waals surface area contributed by atoms with Gasteiger partial charge in [-0.3, -0.25) is 9.59 Å². The summed E-state index contributed by atoms with van der Waals surface area (Å²) in [6.45, 7) is 10.2. The van der Waals surface area contributed by atoms with Crippen molar-refractivity contribution >= 4 is 11.7 Å². The van der Waals surface area contributed by atoms with Gasteiger partial charge in [0.15, 0.2) is 0 Å². The third-order valence-corrected chi connectivity index (χ3v) is 4.47. The molecule has 0 atom stereocenters. The number of carbonyl (C=O) groups excluding carboxylic acids is 2. The molecule has 1 N–H and O–H groups in total. The Kier molecular flexibility index (Phi) is 11.7. The van der Waals surface area contributed by atoms with E-state index >= 15 is 0 Å². The summed E-state index contributed by atoms with van der Waals surface area (Å²) in [5.41, 5.74) is 1.78. The normalized spacial score (nSPS) is 11.2. The summed E-state index contributed by atoms with van der Waals surface area (Å²) in [6.07, 6.45) is 5.95. The minimum atomic E-state index is -0.0211. The van der Waals surface area contributed by atoms with Gasteiger partial charge >= 0.3 is 0 Å². The zero-order valence-electron chi connectivity index (χ0n) is 17.6. The largest absolute Gasteiger partial charge is 0.377 e. The van der Waals surface area contributed by atoms with Crippen molar-refractivity contribution in [2.75, 3.05) is 13.2 Å². The maximum absolute atomic E-state index is 12.2. The van der Waals surface area contributed by atoms with Crippen LogP contribution in [0.2, 0.25) is 0 Å². The van der Waals surface area contributed by atoms with Gasteiger partial charge in [0, 0.05) is 31.1 Å². The van der Waals surface area contributed by atoms with E-state index in [0.29, 0.717) is 36.8 Å². The molecular formula is C23H37NO3. The molecular weight excluding hydrogens is 338 g/mol. The summed E-state index contributed by atoms with van der Waals surface area (Å²) < 4.78 is 5.61. The number of amides is 1. The van der Waals surface area contributed by atoms with Crippen molar-refractivity contribution < 1.29 is 14.3 Å². The number of hydrogen-bond donors (Lipinski definition) is 1. The molecule has 0 spiro atoms. The predicted molar refractivity (Wildman–Crippen MR) is 111 cm³/mol. The Labute approximate surface area is 165 Å². The van der Waals surface area contributed by atoms with E-state index in [-0.39, 0.29) is 11.8 Å². The van der Waals surface area contributed by atoms with Gasteiger partial charge in [0.25, 0.3) is 5.91 Å². The molecule has 152 valence electrons. The van der Waals surface area contributed by atoms with E-state index < -0.39 is 0 Å². The van der Waals surface area contributed by atoms with Gasteiger partial charge in [-0.1, -0.05) is 59.1 Å². The van der Waals surface area contributed by atoms with E-state index in [0.717, 1.165) is 44.3 Å². The maximum Gasteiger partial charge on any atom is 0.251 e. The van der Waals surface area contributed by atoms with Crippen LogP contribution < -0.4 is 5.32 Å². The van der Waals surface area contributed by atoms with E-state index in [1.54, 1.807) is 0 Å². The van der Waals surface area contributed by atoms with Crippen LogP contribution in [0.15, 0.2) is 24.3 Å². The quantitative estimate of drug-likeness (QED) is 0.457. The zero-order chi connectivity index (χ0) is 20.1. The SMILES string of the molecule is CC(C)COCc1ccc(C(=O)NCCCCCCCC(=O)C(C)C)cc1. The minimum absolute atomic E-state index is 0.0211. The monoisotopic (exact) mass is 375 g/mol. The van der Waals surface area contributed by atoms with Crippen molar-refractivity contribution in [3.63, 3.8) is 0 Å². The molecule has 4 heteroatoms. The molecule has 0 heterocycles. The van der Waals surface area contributed by atoms with E-state index in [1.807, 2.05) is 38.1 Å². The number of benzene rings is 1. The van der Waals surface area contributed by atoms with Crippen LogP contribution in [0.25, 0.3) is 0 Å². The van der Waals surface area contributed by atoms with Gasteiger partial charge in [-0.2, -0.15) is 0 Å². The van der Waals surface area contributed by atoms with Crippen molar-refractivity contribution in [2.45, 2.75) is 72.8 Å². The minimum Gasteiger partial charge on any atom is -0.377 e. The van der Waals surface area contributed by atoms with Gasteiger partial charge in [0.05, 0.1) is 6.61 Å². The Morgan fingerprint density at radius 1 is 0.926 bits per heavy atom. The molecule has 1 aromatic rings. The molecule has 0 bridgehead atoms. The second kappa shape index (κ2) is 13.5. The van der Waals surface area contributed by atoms with Crippen LogP contribution >= 0.6 is 0 Å². The molecule has 0 unspecified atom stereocenters.